The third-order valence-corrected chi connectivity index (χ3v) is 3.73. The number of nitrogens with one attached hydrogen (secondary N) is 2. The minimum atomic E-state index is -0.561. The predicted octanol–water partition coefficient (Wildman–Crippen LogP) is 4.00. The van der Waals surface area contributed by atoms with Crippen molar-refractivity contribution in [3.8, 4) is 0 Å². The number of anilines is 3. The van der Waals surface area contributed by atoms with Crippen molar-refractivity contribution in [3.05, 3.63) is 83.9 Å². The molecule has 3 rings (SSSR count). The summed E-state index contributed by atoms with van der Waals surface area (Å²) in [6, 6.07) is 15.8. The molecule has 0 spiro atoms. The van der Waals surface area contributed by atoms with Crippen LogP contribution in [0.2, 0.25) is 0 Å². The topological polar surface area (TPSA) is 80.3 Å². The zero-order valence-electron chi connectivity index (χ0n) is 14.4. The van der Waals surface area contributed by atoms with Gasteiger partial charge in [0.15, 0.2) is 0 Å². The predicted molar refractivity (Wildman–Crippen MR) is 99.7 cm³/mol. The van der Waals surface area contributed by atoms with Crippen LogP contribution in [0.4, 0.5) is 21.5 Å². The molecule has 136 valence electrons. The highest BCUT2D eigenvalue weighted by atomic mass is 19.1. The van der Waals surface area contributed by atoms with Crippen LogP contribution >= 0.6 is 0 Å². The van der Waals surface area contributed by atoms with Crippen molar-refractivity contribution in [1.82, 2.24) is 4.98 Å². The number of ether oxygens (including phenoxy) is 1. The van der Waals surface area contributed by atoms with Crippen LogP contribution in [0.15, 0.2) is 66.9 Å². The standard InChI is InChI=1S/C20H16FN3O3/c1-27-20(26)14-6-2-4-8-16(14)24-19(25)18-12-13(10-11-22-18)23-17-9-5-3-7-15(17)21/h2-12H,1H3,(H,22,23)(H,24,25). The van der Waals surface area contributed by atoms with Gasteiger partial charge in [-0.05, 0) is 36.4 Å². The van der Waals surface area contributed by atoms with E-state index < -0.39 is 17.7 Å². The molecule has 2 N–H and O–H groups in total. The van der Waals surface area contributed by atoms with Crippen LogP contribution in [-0.2, 0) is 4.74 Å². The van der Waals surface area contributed by atoms with E-state index in [4.69, 9.17) is 4.74 Å². The highest BCUT2D eigenvalue weighted by Crippen LogP contribution is 2.21. The summed E-state index contributed by atoms with van der Waals surface area (Å²) in [5.74, 6) is -1.48. The van der Waals surface area contributed by atoms with Gasteiger partial charge in [-0.1, -0.05) is 24.3 Å². The second kappa shape index (κ2) is 8.09. The Hall–Kier alpha value is -3.74. The van der Waals surface area contributed by atoms with E-state index in [1.54, 1.807) is 48.5 Å². The fourth-order valence-electron chi connectivity index (χ4n) is 2.42. The zero-order chi connectivity index (χ0) is 19.2. The maximum absolute atomic E-state index is 13.8. The van der Waals surface area contributed by atoms with E-state index in [1.165, 1.54) is 25.4 Å². The number of benzene rings is 2. The van der Waals surface area contributed by atoms with Gasteiger partial charge in [0.25, 0.3) is 5.91 Å². The van der Waals surface area contributed by atoms with Gasteiger partial charge in [-0.2, -0.15) is 0 Å². The Morgan fingerprint density at radius 3 is 2.44 bits per heavy atom. The van der Waals surface area contributed by atoms with Crippen LogP contribution < -0.4 is 10.6 Å². The molecule has 0 atom stereocenters. The molecule has 1 heterocycles. The number of halogens is 1. The number of carbonyl (C=O) groups excluding carboxylic acids is 2. The molecule has 0 saturated carbocycles. The van der Waals surface area contributed by atoms with Crippen LogP contribution in [0.3, 0.4) is 0 Å². The molecule has 7 heteroatoms. The Balaban J connectivity index is 1.81. The summed E-state index contributed by atoms with van der Waals surface area (Å²) in [5.41, 5.74) is 1.43. The van der Waals surface area contributed by atoms with Crippen molar-refractivity contribution < 1.29 is 18.7 Å². The third-order valence-electron chi connectivity index (χ3n) is 3.73. The highest BCUT2D eigenvalue weighted by molar-refractivity contribution is 6.07. The number of hydrogen-bond donors (Lipinski definition) is 2. The molecule has 27 heavy (non-hydrogen) atoms. The third kappa shape index (κ3) is 4.27. The van der Waals surface area contributed by atoms with E-state index in [0.717, 1.165) is 0 Å². The van der Waals surface area contributed by atoms with Crippen molar-refractivity contribution in [2.45, 2.75) is 0 Å². The quantitative estimate of drug-likeness (QED) is 0.668. The van der Waals surface area contributed by atoms with Crippen molar-refractivity contribution in [2.75, 3.05) is 17.7 Å². The number of amides is 1. The lowest BCUT2D eigenvalue weighted by molar-refractivity contribution is 0.0602. The average molecular weight is 365 g/mol. The van der Waals surface area contributed by atoms with Crippen LogP contribution in [0.25, 0.3) is 0 Å². The van der Waals surface area contributed by atoms with E-state index in [0.29, 0.717) is 11.4 Å². The van der Waals surface area contributed by atoms with E-state index in [9.17, 15) is 14.0 Å². The minimum absolute atomic E-state index is 0.107. The molecule has 0 bridgehead atoms. The SMILES string of the molecule is COC(=O)c1ccccc1NC(=O)c1cc(Nc2ccccc2F)ccn1. The first-order valence-electron chi connectivity index (χ1n) is 8.05. The fraction of sp³-hybridized carbons (Fsp3) is 0.0500. The molecule has 3 aromatic rings. The largest absolute Gasteiger partial charge is 0.465 e. The van der Waals surface area contributed by atoms with Gasteiger partial charge in [0.05, 0.1) is 24.0 Å². The zero-order valence-corrected chi connectivity index (χ0v) is 14.4. The molecule has 0 radical (unpaired) electrons. The summed E-state index contributed by atoms with van der Waals surface area (Å²) in [5, 5.41) is 5.54. The first-order chi connectivity index (χ1) is 13.1. The normalized spacial score (nSPS) is 10.1. The number of carbonyl (C=O) groups is 2. The van der Waals surface area contributed by atoms with E-state index in [-0.39, 0.29) is 16.9 Å². The van der Waals surface area contributed by atoms with Crippen LogP contribution in [0.5, 0.6) is 0 Å². The molecule has 1 aromatic heterocycles. The Bertz CT molecular complexity index is 991. The Labute approximate surface area is 155 Å². The maximum atomic E-state index is 13.8. The fourth-order valence-corrected chi connectivity index (χ4v) is 2.42. The molecule has 0 aliphatic carbocycles. The first kappa shape index (κ1) is 18.1. The number of rotatable bonds is 5. The lowest BCUT2D eigenvalue weighted by atomic mass is 10.1. The van der Waals surface area contributed by atoms with Crippen LogP contribution in [0.1, 0.15) is 20.8 Å². The Morgan fingerprint density at radius 2 is 1.70 bits per heavy atom. The van der Waals surface area contributed by atoms with Gasteiger partial charge >= 0.3 is 5.97 Å². The minimum Gasteiger partial charge on any atom is -0.465 e. The van der Waals surface area contributed by atoms with Gasteiger partial charge in [0.2, 0.25) is 0 Å². The lowest BCUT2D eigenvalue weighted by Crippen LogP contribution is -2.16. The first-order valence-corrected chi connectivity index (χ1v) is 8.05. The number of nitrogens with zero attached hydrogens (tertiary/aromatic N) is 1. The molecule has 0 unspecified atom stereocenters. The second-order valence-electron chi connectivity index (χ2n) is 5.53. The molecule has 1 amide bonds. The maximum Gasteiger partial charge on any atom is 0.339 e. The van der Waals surface area contributed by atoms with Crippen LogP contribution in [0, 0.1) is 5.82 Å². The molecule has 0 saturated heterocycles. The number of aromatic nitrogens is 1. The lowest BCUT2D eigenvalue weighted by Gasteiger charge is -2.11. The summed E-state index contributed by atoms with van der Waals surface area (Å²) in [6.07, 6.45) is 1.43. The van der Waals surface area contributed by atoms with Gasteiger partial charge in [-0.15, -0.1) is 0 Å². The van der Waals surface area contributed by atoms with Crippen LogP contribution in [-0.4, -0.2) is 24.0 Å². The number of hydrogen-bond acceptors (Lipinski definition) is 5. The summed E-state index contributed by atoms with van der Waals surface area (Å²) in [7, 11) is 1.26. The monoisotopic (exact) mass is 365 g/mol. The number of methoxy groups -OCH3 is 1. The van der Waals surface area contributed by atoms with Gasteiger partial charge in [-0.3, -0.25) is 9.78 Å². The van der Waals surface area contributed by atoms with Crippen molar-refractivity contribution in [1.29, 1.82) is 0 Å². The summed E-state index contributed by atoms with van der Waals surface area (Å²) >= 11 is 0. The molecule has 2 aromatic carbocycles. The second-order valence-corrected chi connectivity index (χ2v) is 5.53. The summed E-state index contributed by atoms with van der Waals surface area (Å²) in [4.78, 5) is 28.4. The molecular formula is C20H16FN3O3. The van der Waals surface area contributed by atoms with Gasteiger partial charge in [0.1, 0.15) is 11.5 Å². The summed E-state index contributed by atoms with van der Waals surface area (Å²) in [6.45, 7) is 0. The number of pyridine rings is 1. The molecule has 0 fully saturated rings. The van der Waals surface area contributed by atoms with Crippen molar-refractivity contribution in [2.24, 2.45) is 0 Å². The number of esters is 1. The van der Waals surface area contributed by atoms with Gasteiger partial charge in [-0.25, -0.2) is 9.18 Å². The smallest absolute Gasteiger partial charge is 0.339 e. The van der Waals surface area contributed by atoms with E-state index in [1.807, 2.05) is 0 Å². The van der Waals surface area contributed by atoms with E-state index >= 15 is 0 Å². The van der Waals surface area contributed by atoms with Gasteiger partial charge < -0.3 is 15.4 Å². The highest BCUT2D eigenvalue weighted by Gasteiger charge is 2.15. The average Bonchev–Trinajstić information content (AvgIpc) is 2.70. The molecule has 0 aliphatic rings. The Kier molecular flexibility index (Phi) is 5.41. The molecule has 0 aliphatic heterocycles. The Morgan fingerprint density at radius 1 is 1.00 bits per heavy atom. The van der Waals surface area contributed by atoms with Gasteiger partial charge in [0, 0.05) is 11.9 Å². The number of para-hydroxylation sites is 2. The van der Waals surface area contributed by atoms with Crippen molar-refractivity contribution in [3.63, 3.8) is 0 Å². The molecule has 6 nitrogen and oxygen atoms in total. The van der Waals surface area contributed by atoms with E-state index in [2.05, 4.69) is 15.6 Å². The van der Waals surface area contributed by atoms with Crippen molar-refractivity contribution >= 4 is 28.9 Å². The molecular weight excluding hydrogens is 349 g/mol. The summed E-state index contributed by atoms with van der Waals surface area (Å²) < 4.78 is 18.5.